The third kappa shape index (κ3) is 0.125. The molecule has 0 aromatic heterocycles. The van der Waals surface area contributed by atoms with Crippen LogP contribution in [0.2, 0.25) is 0 Å². The van der Waals surface area contributed by atoms with Crippen molar-refractivity contribution in [2.75, 3.05) is 0 Å². The molecule has 1 fully saturated rings. The summed E-state index contributed by atoms with van der Waals surface area (Å²) >= 11 is 0. The van der Waals surface area contributed by atoms with Gasteiger partial charge >= 0.3 is 0 Å². The van der Waals surface area contributed by atoms with E-state index < -0.39 is 0 Å². The fraction of sp³-hybridized carbons (Fsp3) is 0.250. The molecule has 0 spiro atoms. The molecule has 2 heteroatoms. The van der Waals surface area contributed by atoms with Crippen LogP contribution in [0.1, 0.15) is 0 Å². The van der Waals surface area contributed by atoms with E-state index in [4.69, 9.17) is 0 Å². The summed E-state index contributed by atoms with van der Waals surface area (Å²) in [4.78, 5) is 3.98. The minimum atomic E-state index is 0.394. The predicted molar refractivity (Wildman–Crippen MR) is 23.5 cm³/mol. The van der Waals surface area contributed by atoms with Crippen molar-refractivity contribution in [3.63, 3.8) is 0 Å². The Hall–Kier alpha value is -0.790. The molecule has 0 bridgehead atoms. The summed E-state index contributed by atoms with van der Waals surface area (Å²) in [5.74, 6) is 0. The number of hydrogen-bond donors (Lipinski definition) is 1. The molecule has 1 unspecified atom stereocenters. The second kappa shape index (κ2) is 0.511. The summed E-state index contributed by atoms with van der Waals surface area (Å²) in [6, 6.07) is 0. The van der Waals surface area contributed by atoms with E-state index in [0.717, 1.165) is 0 Å². The lowest BCUT2D eigenvalue weighted by Crippen LogP contribution is -1.80. The van der Waals surface area contributed by atoms with Gasteiger partial charge in [-0.25, -0.2) is 0 Å². The number of rotatable bonds is 0. The number of fused-ring (bicyclic) bond motifs is 1. The summed E-state index contributed by atoms with van der Waals surface area (Å²) in [5, 5.41) is 3.03. The zero-order valence-corrected chi connectivity index (χ0v) is 3.18. The van der Waals surface area contributed by atoms with Crippen LogP contribution < -0.4 is 5.32 Å². The highest BCUT2D eigenvalue weighted by molar-refractivity contribution is 5.78. The maximum absolute atomic E-state index is 3.98. The lowest BCUT2D eigenvalue weighted by Gasteiger charge is -1.67. The highest BCUT2D eigenvalue weighted by atomic mass is 15.3. The quantitative estimate of drug-likeness (QED) is 0.404. The highest BCUT2D eigenvalue weighted by Crippen LogP contribution is 2.19. The molecule has 6 heavy (non-hydrogen) atoms. The summed E-state index contributed by atoms with van der Waals surface area (Å²) in [7, 11) is 0. The number of nitrogens with one attached hydrogen (secondary N) is 1. The van der Waals surface area contributed by atoms with Crippen LogP contribution in [0.25, 0.3) is 0 Å². The Morgan fingerprint density at radius 2 is 2.83 bits per heavy atom. The smallest absolute Gasteiger partial charge is 0.159 e. The zero-order chi connectivity index (χ0) is 3.98. The third-order valence-electron chi connectivity index (χ3n) is 1.00. The van der Waals surface area contributed by atoms with E-state index in [0.29, 0.717) is 6.17 Å². The van der Waals surface area contributed by atoms with Crippen molar-refractivity contribution in [1.29, 1.82) is 0 Å². The summed E-state index contributed by atoms with van der Waals surface area (Å²) < 4.78 is 0. The molecule has 2 heterocycles. The Balaban J connectivity index is 2.50. The van der Waals surface area contributed by atoms with Crippen molar-refractivity contribution < 1.29 is 0 Å². The highest BCUT2D eigenvalue weighted by Gasteiger charge is 2.28. The molecule has 2 rings (SSSR count). The van der Waals surface area contributed by atoms with Gasteiger partial charge in [0, 0.05) is 6.21 Å². The van der Waals surface area contributed by atoms with Crippen molar-refractivity contribution in [2.45, 2.75) is 6.17 Å². The first-order valence-electron chi connectivity index (χ1n) is 1.97. The van der Waals surface area contributed by atoms with Crippen LogP contribution in [-0.4, -0.2) is 12.4 Å². The van der Waals surface area contributed by atoms with Gasteiger partial charge in [0.15, 0.2) is 6.17 Å². The largest absolute Gasteiger partial charge is 0.359 e. The molecule has 2 aliphatic rings. The van der Waals surface area contributed by atoms with Gasteiger partial charge in [0.25, 0.3) is 0 Å². The van der Waals surface area contributed by atoms with Gasteiger partial charge in [-0.1, -0.05) is 0 Å². The number of allylic oxidation sites excluding steroid dienone is 1. The molecule has 0 amide bonds. The van der Waals surface area contributed by atoms with Crippen molar-refractivity contribution in [1.82, 2.24) is 5.32 Å². The van der Waals surface area contributed by atoms with Crippen molar-refractivity contribution in [2.24, 2.45) is 4.99 Å². The first kappa shape index (κ1) is 2.39. The molecule has 0 aromatic carbocycles. The molecule has 30 valence electrons. The summed E-state index contributed by atoms with van der Waals surface area (Å²) in [5.41, 5.74) is 1.27. The SMILES string of the molecule is C1=NC2NC2=C1. The Morgan fingerprint density at radius 1 is 1.83 bits per heavy atom. The second-order valence-electron chi connectivity index (χ2n) is 1.47. The first-order chi connectivity index (χ1) is 2.97. The van der Waals surface area contributed by atoms with E-state index in [1.54, 1.807) is 0 Å². The molecule has 1 saturated heterocycles. The van der Waals surface area contributed by atoms with Crippen molar-refractivity contribution in [3.05, 3.63) is 11.8 Å². The van der Waals surface area contributed by atoms with Gasteiger partial charge in [-0.15, -0.1) is 0 Å². The number of hydrogen-bond acceptors (Lipinski definition) is 2. The van der Waals surface area contributed by atoms with Gasteiger partial charge in [0.05, 0.1) is 5.70 Å². The van der Waals surface area contributed by atoms with E-state index in [2.05, 4.69) is 10.3 Å². The van der Waals surface area contributed by atoms with Crippen LogP contribution in [0.3, 0.4) is 0 Å². The van der Waals surface area contributed by atoms with E-state index in [9.17, 15) is 0 Å². The Kier molecular flexibility index (Phi) is 0.204. The standard InChI is InChI=1S/C4H4N2/c1-2-5-4-3(1)6-4/h1-2,4,6H. The Morgan fingerprint density at radius 3 is 3.00 bits per heavy atom. The molecule has 0 aliphatic carbocycles. The molecular formula is C4H4N2. The van der Waals surface area contributed by atoms with E-state index in [-0.39, 0.29) is 0 Å². The molecule has 2 aliphatic heterocycles. The average molecular weight is 80.1 g/mol. The van der Waals surface area contributed by atoms with Crippen LogP contribution >= 0.6 is 0 Å². The van der Waals surface area contributed by atoms with Gasteiger partial charge in [0.2, 0.25) is 0 Å². The van der Waals surface area contributed by atoms with E-state index in [1.807, 2.05) is 12.3 Å². The monoisotopic (exact) mass is 80.0 g/mol. The van der Waals surface area contributed by atoms with Crippen LogP contribution in [0.4, 0.5) is 0 Å². The lowest BCUT2D eigenvalue weighted by atomic mass is 10.6. The third-order valence-corrected chi connectivity index (χ3v) is 1.00. The fourth-order valence-electron chi connectivity index (χ4n) is 0.582. The van der Waals surface area contributed by atoms with Crippen molar-refractivity contribution >= 4 is 6.21 Å². The topological polar surface area (TPSA) is 34.3 Å². The Bertz CT molecular complexity index is 134. The van der Waals surface area contributed by atoms with Gasteiger partial charge in [-0.2, -0.15) is 0 Å². The summed E-state index contributed by atoms with van der Waals surface area (Å²) in [6.45, 7) is 0. The van der Waals surface area contributed by atoms with Crippen molar-refractivity contribution in [3.8, 4) is 0 Å². The molecule has 0 saturated carbocycles. The van der Waals surface area contributed by atoms with Gasteiger partial charge in [0.1, 0.15) is 0 Å². The van der Waals surface area contributed by atoms with E-state index in [1.165, 1.54) is 5.70 Å². The molecule has 0 aromatic rings. The van der Waals surface area contributed by atoms with Gasteiger partial charge in [-0.3, -0.25) is 4.99 Å². The normalized spacial score (nSPS) is 34.7. The second-order valence-corrected chi connectivity index (χ2v) is 1.47. The maximum atomic E-state index is 3.98. The van der Waals surface area contributed by atoms with Crippen LogP contribution in [-0.2, 0) is 0 Å². The Labute approximate surface area is 35.6 Å². The average Bonchev–Trinajstić information content (AvgIpc) is 2.17. The van der Waals surface area contributed by atoms with Gasteiger partial charge in [-0.05, 0) is 6.08 Å². The first-order valence-corrected chi connectivity index (χ1v) is 1.97. The number of aliphatic imine (C=N–C) groups is 1. The molecule has 2 nitrogen and oxygen atoms in total. The minimum Gasteiger partial charge on any atom is -0.359 e. The molecule has 1 atom stereocenters. The van der Waals surface area contributed by atoms with Gasteiger partial charge < -0.3 is 5.32 Å². The summed E-state index contributed by atoms with van der Waals surface area (Å²) in [6.07, 6.45) is 4.21. The zero-order valence-electron chi connectivity index (χ0n) is 3.18. The minimum absolute atomic E-state index is 0.394. The number of nitrogens with zero attached hydrogens (tertiary/aromatic N) is 1. The molecular weight excluding hydrogens is 76.1 g/mol. The predicted octanol–water partition coefficient (Wildman–Crippen LogP) is -0.116. The maximum Gasteiger partial charge on any atom is 0.159 e. The fourth-order valence-corrected chi connectivity index (χ4v) is 0.582. The van der Waals surface area contributed by atoms with E-state index >= 15 is 0 Å². The van der Waals surface area contributed by atoms with Crippen LogP contribution in [0, 0.1) is 0 Å². The molecule has 0 radical (unpaired) electrons. The lowest BCUT2D eigenvalue weighted by molar-refractivity contribution is 1.04. The van der Waals surface area contributed by atoms with Crippen LogP contribution in [0.5, 0.6) is 0 Å². The molecule has 1 N–H and O–H groups in total. The van der Waals surface area contributed by atoms with Crippen LogP contribution in [0.15, 0.2) is 16.8 Å².